The van der Waals surface area contributed by atoms with E-state index in [1.807, 2.05) is 6.07 Å². The number of benzene rings is 2. The Kier molecular flexibility index (Phi) is 8.07. The van der Waals surface area contributed by atoms with Crippen molar-refractivity contribution in [2.45, 2.75) is 57.5 Å². The van der Waals surface area contributed by atoms with E-state index >= 15 is 0 Å². The summed E-state index contributed by atoms with van der Waals surface area (Å²) in [5, 5.41) is 2.57. The molecule has 0 aliphatic carbocycles. The predicted octanol–water partition coefficient (Wildman–Crippen LogP) is 5.97. The van der Waals surface area contributed by atoms with E-state index in [9.17, 15) is 31.1 Å². The number of hydrogen-bond donors (Lipinski definition) is 2. The Morgan fingerprint density at radius 3 is 2.38 bits per heavy atom. The van der Waals surface area contributed by atoms with Gasteiger partial charge in [-0.1, -0.05) is 30.7 Å². The third kappa shape index (κ3) is 6.02. The van der Waals surface area contributed by atoms with Gasteiger partial charge in [0.15, 0.2) is 5.54 Å². The van der Waals surface area contributed by atoms with Gasteiger partial charge >= 0.3 is 12.4 Å². The number of nitrogens with zero attached hydrogens (tertiary/aromatic N) is 3. The van der Waals surface area contributed by atoms with Crippen molar-refractivity contribution in [3.8, 4) is 0 Å². The summed E-state index contributed by atoms with van der Waals surface area (Å²) in [5.41, 5.74) is 3.20. The molecule has 1 aliphatic heterocycles. The Morgan fingerprint density at radius 2 is 1.77 bits per heavy atom. The van der Waals surface area contributed by atoms with Gasteiger partial charge in [0, 0.05) is 33.1 Å². The third-order valence-corrected chi connectivity index (χ3v) is 7.81. The lowest BCUT2D eigenvalue weighted by molar-refractivity contribution is -0.187. The van der Waals surface area contributed by atoms with Crippen molar-refractivity contribution in [1.82, 2.24) is 14.9 Å². The highest BCUT2D eigenvalue weighted by Crippen LogP contribution is 2.36. The topological polar surface area (TPSA) is 76.2 Å². The van der Waals surface area contributed by atoms with Gasteiger partial charge in [-0.2, -0.15) is 26.3 Å². The quantitative estimate of drug-likeness (QED) is 0.348. The lowest BCUT2D eigenvalue weighted by Crippen LogP contribution is -2.61. The number of anilines is 1. The normalized spacial score (nSPS) is 16.8. The molecule has 218 valence electrons. The SMILES string of the molecule is CC1CCN(c2cc3c(cc2Cl)nc(Cc2cc(CNC(=O)C(C)(N)C(F)(F)F)ccc2C(F)(F)F)n3C)CC1. The molecule has 0 radical (unpaired) electrons. The lowest BCUT2D eigenvalue weighted by Gasteiger charge is -2.32. The lowest BCUT2D eigenvalue weighted by atomic mass is 9.99. The van der Waals surface area contributed by atoms with E-state index in [1.54, 1.807) is 17.7 Å². The van der Waals surface area contributed by atoms with Crippen molar-refractivity contribution < 1.29 is 31.1 Å². The first-order chi connectivity index (χ1) is 18.5. The molecule has 0 bridgehead atoms. The molecule has 13 heteroatoms. The predicted molar refractivity (Wildman–Crippen MR) is 141 cm³/mol. The van der Waals surface area contributed by atoms with Crippen LogP contribution in [-0.4, -0.2) is 40.3 Å². The number of carbonyl (C=O) groups is 1. The number of nitrogens with two attached hydrogens (primary N) is 1. The van der Waals surface area contributed by atoms with E-state index < -0.39 is 35.9 Å². The fraction of sp³-hybridized carbons (Fsp3) is 0.481. The molecule has 1 fully saturated rings. The van der Waals surface area contributed by atoms with Crippen LogP contribution in [0.25, 0.3) is 11.0 Å². The van der Waals surface area contributed by atoms with Crippen LogP contribution in [0.4, 0.5) is 32.0 Å². The Hall–Kier alpha value is -2.99. The number of fused-ring (bicyclic) bond motifs is 1. The number of halogens is 7. The van der Waals surface area contributed by atoms with Gasteiger partial charge in [-0.3, -0.25) is 4.79 Å². The largest absolute Gasteiger partial charge is 0.416 e. The Labute approximate surface area is 232 Å². The Bertz CT molecular complexity index is 1410. The summed E-state index contributed by atoms with van der Waals surface area (Å²) in [6.07, 6.45) is -7.84. The van der Waals surface area contributed by atoms with Crippen molar-refractivity contribution in [1.29, 1.82) is 0 Å². The van der Waals surface area contributed by atoms with Gasteiger partial charge in [0.05, 0.1) is 27.3 Å². The molecular weight excluding hydrogens is 560 g/mol. The minimum atomic E-state index is -5.00. The van der Waals surface area contributed by atoms with Gasteiger partial charge in [-0.05, 0) is 55.0 Å². The Balaban J connectivity index is 1.63. The fourth-order valence-electron chi connectivity index (χ4n) is 4.75. The number of imidazole rings is 1. The number of aryl methyl sites for hydroxylation is 1. The molecule has 3 aromatic rings. The zero-order chi connectivity index (χ0) is 29.6. The highest BCUT2D eigenvalue weighted by Gasteiger charge is 2.53. The van der Waals surface area contributed by atoms with Crippen molar-refractivity contribution in [3.05, 3.63) is 57.9 Å². The van der Waals surface area contributed by atoms with Crippen molar-refractivity contribution in [2.75, 3.05) is 18.0 Å². The first-order valence-corrected chi connectivity index (χ1v) is 13.1. The molecule has 0 saturated carbocycles. The van der Waals surface area contributed by atoms with Gasteiger partial charge in [-0.15, -0.1) is 0 Å². The van der Waals surface area contributed by atoms with Crippen LogP contribution in [0.1, 0.15) is 49.2 Å². The number of alkyl halides is 6. The van der Waals surface area contributed by atoms with Gasteiger partial charge in [0.1, 0.15) is 5.82 Å². The highest BCUT2D eigenvalue weighted by atomic mass is 35.5. The zero-order valence-electron chi connectivity index (χ0n) is 22.2. The van der Waals surface area contributed by atoms with Gasteiger partial charge in [0.25, 0.3) is 0 Å². The average molecular weight is 590 g/mol. The smallest absolute Gasteiger partial charge is 0.370 e. The second kappa shape index (κ2) is 10.8. The third-order valence-electron chi connectivity index (χ3n) is 7.50. The van der Waals surface area contributed by atoms with Crippen LogP contribution in [0.5, 0.6) is 0 Å². The summed E-state index contributed by atoms with van der Waals surface area (Å²) < 4.78 is 82.5. The fourth-order valence-corrected chi connectivity index (χ4v) is 5.02. The molecule has 1 aromatic heterocycles. The summed E-state index contributed by atoms with van der Waals surface area (Å²) in [4.78, 5) is 18.8. The van der Waals surface area contributed by atoms with E-state index in [0.29, 0.717) is 34.7 Å². The molecule has 40 heavy (non-hydrogen) atoms. The summed E-state index contributed by atoms with van der Waals surface area (Å²) in [6.45, 7) is 3.98. The molecule has 6 nitrogen and oxygen atoms in total. The van der Waals surface area contributed by atoms with E-state index in [-0.39, 0.29) is 17.5 Å². The maximum absolute atomic E-state index is 13.9. The number of carbonyl (C=O) groups excluding carboxylic acids is 1. The van der Waals surface area contributed by atoms with Crippen LogP contribution in [0, 0.1) is 5.92 Å². The maximum atomic E-state index is 13.9. The first-order valence-electron chi connectivity index (χ1n) is 12.7. The molecule has 4 rings (SSSR count). The van der Waals surface area contributed by atoms with Crippen LogP contribution in [0.15, 0.2) is 30.3 Å². The summed E-state index contributed by atoms with van der Waals surface area (Å²) in [5.74, 6) is -0.528. The number of amides is 1. The number of hydrogen-bond acceptors (Lipinski definition) is 4. The zero-order valence-corrected chi connectivity index (χ0v) is 22.9. The van der Waals surface area contributed by atoms with Gasteiger partial charge < -0.3 is 20.5 Å². The second-order valence-corrected chi connectivity index (χ2v) is 11.0. The molecule has 1 atom stereocenters. The molecule has 1 unspecified atom stereocenters. The molecule has 0 spiro atoms. The minimum absolute atomic E-state index is 0.139. The summed E-state index contributed by atoms with van der Waals surface area (Å²) >= 11 is 6.57. The number of aromatic nitrogens is 2. The van der Waals surface area contributed by atoms with Crippen LogP contribution in [-0.2, 0) is 31.0 Å². The molecule has 3 N–H and O–H groups in total. The van der Waals surface area contributed by atoms with E-state index in [1.165, 1.54) is 6.07 Å². The van der Waals surface area contributed by atoms with E-state index in [4.69, 9.17) is 17.3 Å². The van der Waals surface area contributed by atoms with Crippen LogP contribution < -0.4 is 16.0 Å². The Morgan fingerprint density at radius 1 is 1.12 bits per heavy atom. The molecule has 1 aliphatic rings. The van der Waals surface area contributed by atoms with Crippen molar-refractivity contribution in [3.63, 3.8) is 0 Å². The molecule has 1 saturated heterocycles. The molecule has 2 heterocycles. The number of nitrogens with one attached hydrogen (secondary N) is 1. The van der Waals surface area contributed by atoms with Gasteiger partial charge in [-0.25, -0.2) is 4.98 Å². The summed E-state index contributed by atoms with van der Waals surface area (Å²) in [6, 6.07) is 6.75. The van der Waals surface area contributed by atoms with Crippen molar-refractivity contribution in [2.24, 2.45) is 18.7 Å². The van der Waals surface area contributed by atoms with Crippen LogP contribution in [0.3, 0.4) is 0 Å². The number of rotatable bonds is 6. The average Bonchev–Trinajstić information content (AvgIpc) is 3.15. The summed E-state index contributed by atoms with van der Waals surface area (Å²) in [7, 11) is 1.71. The molecular formula is C27H30ClF6N5O. The van der Waals surface area contributed by atoms with Gasteiger partial charge in [0.2, 0.25) is 5.91 Å². The van der Waals surface area contributed by atoms with Crippen LogP contribution >= 0.6 is 11.6 Å². The number of piperidine rings is 1. The first kappa shape index (κ1) is 30.0. The molecule has 1 amide bonds. The second-order valence-electron chi connectivity index (χ2n) is 10.6. The van der Waals surface area contributed by atoms with Crippen molar-refractivity contribution >= 4 is 34.2 Å². The highest BCUT2D eigenvalue weighted by molar-refractivity contribution is 6.34. The monoisotopic (exact) mass is 589 g/mol. The maximum Gasteiger partial charge on any atom is 0.416 e. The van der Waals surface area contributed by atoms with E-state index in [0.717, 1.165) is 43.8 Å². The van der Waals surface area contributed by atoms with Crippen LogP contribution in [0.2, 0.25) is 5.02 Å². The standard InChI is InChI=1S/C27H30ClF6N5O/c1-15-6-8-39(9-7-15)21-13-22-20(12-19(21)28)37-23(38(22)3)11-17-10-16(4-5-18(17)26(29,30)31)14-36-24(40)25(2,35)27(32,33)34/h4-5,10,12-13,15H,6-9,11,14,35H2,1-3H3,(H,36,40). The van der Waals surface area contributed by atoms with E-state index in [2.05, 4.69) is 22.1 Å². The molecule has 2 aromatic carbocycles. The minimum Gasteiger partial charge on any atom is -0.370 e.